The van der Waals surface area contributed by atoms with Crippen LogP contribution in [0, 0.1) is 0 Å². The quantitative estimate of drug-likeness (QED) is 0.652. The smallest absolute Gasteiger partial charge is 0.297 e. The molecule has 0 aromatic heterocycles. The van der Waals surface area contributed by atoms with E-state index in [1.54, 1.807) is 0 Å². The first-order chi connectivity index (χ1) is 7.09. The number of hydrogen-bond donors (Lipinski definition) is 1. The molecular formula is C8H13N3O3S. The van der Waals surface area contributed by atoms with Crippen molar-refractivity contribution >= 4 is 16.2 Å². The average Bonchev–Trinajstić information content (AvgIpc) is 2.47. The van der Waals surface area contributed by atoms with E-state index in [9.17, 15) is 8.42 Å². The second kappa shape index (κ2) is 3.92. The Bertz CT molecular complexity index is 407. The Morgan fingerprint density at radius 3 is 2.67 bits per heavy atom. The molecule has 0 aromatic rings. The molecule has 1 saturated heterocycles. The molecule has 2 N–H and O–H groups in total. The predicted molar refractivity (Wildman–Crippen MR) is 55.9 cm³/mol. The first kappa shape index (κ1) is 10.6. The van der Waals surface area contributed by atoms with Gasteiger partial charge in [0.05, 0.1) is 13.2 Å². The first-order valence-electron chi connectivity index (χ1n) is 4.69. The molecule has 2 aliphatic rings. The van der Waals surface area contributed by atoms with Crippen molar-refractivity contribution in [1.82, 2.24) is 4.90 Å². The Hall–Kier alpha value is -0.920. The van der Waals surface area contributed by atoms with Crippen LogP contribution in [0.25, 0.3) is 0 Å². The largest absolute Gasteiger partial charge is 0.388 e. The summed E-state index contributed by atoms with van der Waals surface area (Å²) >= 11 is 0. The van der Waals surface area contributed by atoms with Gasteiger partial charge in [0.15, 0.2) is 5.03 Å². The van der Waals surface area contributed by atoms with Crippen molar-refractivity contribution in [3.05, 3.63) is 10.6 Å². The second-order valence-corrected chi connectivity index (χ2v) is 5.09. The van der Waals surface area contributed by atoms with Crippen molar-refractivity contribution in [1.29, 1.82) is 0 Å². The molecule has 0 saturated carbocycles. The SMILES string of the molecule is NC1=C(CN2CCOCC2)C=NS1(=O)=O. The van der Waals surface area contributed by atoms with E-state index in [-0.39, 0.29) is 5.03 Å². The summed E-state index contributed by atoms with van der Waals surface area (Å²) in [5, 5.41) is -0.117. The van der Waals surface area contributed by atoms with E-state index in [1.807, 2.05) is 0 Å². The Morgan fingerprint density at radius 2 is 2.13 bits per heavy atom. The van der Waals surface area contributed by atoms with Crippen LogP contribution >= 0.6 is 0 Å². The third-order valence-corrected chi connectivity index (χ3v) is 3.64. The molecule has 0 aromatic carbocycles. The standard InChI is InChI=1S/C8H13N3O3S/c9-8-7(5-10-15(8,12)13)6-11-1-3-14-4-2-11/h5H,1-4,6,9H2. The van der Waals surface area contributed by atoms with Crippen LogP contribution in [0.3, 0.4) is 0 Å². The van der Waals surface area contributed by atoms with Gasteiger partial charge in [-0.15, -0.1) is 0 Å². The monoisotopic (exact) mass is 231 g/mol. The van der Waals surface area contributed by atoms with Crippen molar-refractivity contribution in [3.63, 3.8) is 0 Å². The maximum absolute atomic E-state index is 11.2. The molecular weight excluding hydrogens is 218 g/mol. The third kappa shape index (κ3) is 2.19. The molecule has 0 atom stereocenters. The summed E-state index contributed by atoms with van der Waals surface area (Å²) in [5.74, 6) is 0. The van der Waals surface area contributed by atoms with Crippen molar-refractivity contribution in [2.24, 2.45) is 10.1 Å². The van der Waals surface area contributed by atoms with Crippen molar-refractivity contribution < 1.29 is 13.2 Å². The molecule has 0 unspecified atom stereocenters. The van der Waals surface area contributed by atoms with Gasteiger partial charge in [-0.2, -0.15) is 12.8 Å². The summed E-state index contributed by atoms with van der Waals surface area (Å²) in [6.07, 6.45) is 1.33. The van der Waals surface area contributed by atoms with Crippen LogP contribution in [0.2, 0.25) is 0 Å². The summed E-state index contributed by atoms with van der Waals surface area (Å²) in [6, 6.07) is 0. The van der Waals surface area contributed by atoms with Gasteiger partial charge < -0.3 is 10.5 Å². The topological polar surface area (TPSA) is 85.0 Å². The summed E-state index contributed by atoms with van der Waals surface area (Å²) in [7, 11) is -3.56. The lowest BCUT2D eigenvalue weighted by Gasteiger charge is -2.26. The lowest BCUT2D eigenvalue weighted by Crippen LogP contribution is -2.38. The van der Waals surface area contributed by atoms with E-state index in [1.165, 1.54) is 6.21 Å². The van der Waals surface area contributed by atoms with Crippen LogP contribution in [0.1, 0.15) is 0 Å². The number of hydrogen-bond acceptors (Lipinski definition) is 5. The number of nitrogens with two attached hydrogens (primary N) is 1. The average molecular weight is 231 g/mol. The maximum Gasteiger partial charge on any atom is 0.297 e. The lowest BCUT2D eigenvalue weighted by molar-refractivity contribution is 0.0428. The van der Waals surface area contributed by atoms with Gasteiger partial charge in [0.25, 0.3) is 10.0 Å². The lowest BCUT2D eigenvalue weighted by atomic mass is 10.2. The zero-order valence-electron chi connectivity index (χ0n) is 8.22. The molecule has 0 radical (unpaired) electrons. The first-order valence-corrected chi connectivity index (χ1v) is 6.13. The second-order valence-electron chi connectivity index (χ2n) is 3.49. The highest BCUT2D eigenvalue weighted by Crippen LogP contribution is 2.16. The molecule has 6 nitrogen and oxygen atoms in total. The molecule has 7 heteroatoms. The minimum absolute atomic E-state index is 0.117. The fourth-order valence-corrected chi connectivity index (χ4v) is 2.37. The molecule has 0 amide bonds. The van der Waals surface area contributed by atoms with Crippen molar-refractivity contribution in [2.75, 3.05) is 32.8 Å². The highest BCUT2D eigenvalue weighted by Gasteiger charge is 2.24. The fraction of sp³-hybridized carbons (Fsp3) is 0.625. The maximum atomic E-state index is 11.2. The Balaban J connectivity index is 2.07. The van der Waals surface area contributed by atoms with E-state index in [4.69, 9.17) is 10.5 Å². The molecule has 0 aliphatic carbocycles. The van der Waals surface area contributed by atoms with E-state index in [0.29, 0.717) is 25.3 Å². The summed E-state index contributed by atoms with van der Waals surface area (Å²) in [4.78, 5) is 2.10. The van der Waals surface area contributed by atoms with Crippen molar-refractivity contribution in [3.8, 4) is 0 Å². The number of rotatable bonds is 2. The normalized spacial score (nSPS) is 26.1. The van der Waals surface area contributed by atoms with Crippen LogP contribution in [-0.2, 0) is 14.8 Å². The molecule has 2 heterocycles. The number of sulfonamides is 1. The van der Waals surface area contributed by atoms with Crippen LogP contribution in [0.4, 0.5) is 0 Å². The highest BCUT2D eigenvalue weighted by atomic mass is 32.2. The highest BCUT2D eigenvalue weighted by molar-refractivity contribution is 7.94. The van der Waals surface area contributed by atoms with Gasteiger partial charge in [-0.25, -0.2) is 0 Å². The van der Waals surface area contributed by atoms with Crippen LogP contribution in [0.15, 0.2) is 15.0 Å². The molecule has 2 rings (SSSR count). The molecule has 0 spiro atoms. The van der Waals surface area contributed by atoms with Gasteiger partial charge in [0, 0.05) is 31.4 Å². The van der Waals surface area contributed by atoms with Crippen LogP contribution in [0.5, 0.6) is 0 Å². The van der Waals surface area contributed by atoms with E-state index >= 15 is 0 Å². The van der Waals surface area contributed by atoms with E-state index in [0.717, 1.165) is 13.1 Å². The zero-order chi connectivity index (χ0) is 10.9. The predicted octanol–water partition coefficient (Wildman–Crippen LogP) is -1.10. The summed E-state index contributed by atoms with van der Waals surface area (Å²) < 4.78 is 31.0. The Labute approximate surface area is 88.5 Å². The molecule has 84 valence electrons. The summed E-state index contributed by atoms with van der Waals surface area (Å²) in [6.45, 7) is 3.47. The molecule has 0 bridgehead atoms. The van der Waals surface area contributed by atoms with Gasteiger partial charge >= 0.3 is 0 Å². The number of morpholine rings is 1. The van der Waals surface area contributed by atoms with Gasteiger partial charge in [0.2, 0.25) is 0 Å². The molecule has 15 heavy (non-hydrogen) atoms. The van der Waals surface area contributed by atoms with Crippen molar-refractivity contribution in [2.45, 2.75) is 0 Å². The van der Waals surface area contributed by atoms with Gasteiger partial charge in [-0.1, -0.05) is 0 Å². The molecule has 1 fully saturated rings. The van der Waals surface area contributed by atoms with E-state index in [2.05, 4.69) is 9.30 Å². The minimum atomic E-state index is -3.56. The number of ether oxygens (including phenoxy) is 1. The van der Waals surface area contributed by atoms with Gasteiger partial charge in [-0.05, 0) is 0 Å². The fourth-order valence-electron chi connectivity index (χ4n) is 1.54. The number of nitrogens with zero attached hydrogens (tertiary/aromatic N) is 2. The minimum Gasteiger partial charge on any atom is -0.388 e. The Kier molecular flexibility index (Phi) is 2.76. The Morgan fingerprint density at radius 1 is 1.47 bits per heavy atom. The summed E-state index contributed by atoms with van der Waals surface area (Å²) in [5.41, 5.74) is 6.06. The molecule has 2 aliphatic heterocycles. The zero-order valence-corrected chi connectivity index (χ0v) is 9.03. The van der Waals surface area contributed by atoms with E-state index < -0.39 is 10.0 Å². The van der Waals surface area contributed by atoms with Gasteiger partial charge in [0.1, 0.15) is 0 Å². The van der Waals surface area contributed by atoms with Crippen LogP contribution < -0.4 is 5.73 Å². The third-order valence-electron chi connectivity index (χ3n) is 2.44. The van der Waals surface area contributed by atoms with Gasteiger partial charge in [-0.3, -0.25) is 4.90 Å². The van der Waals surface area contributed by atoms with Crippen LogP contribution in [-0.4, -0.2) is 52.4 Å².